The zero-order valence-corrected chi connectivity index (χ0v) is 15.6. The van der Waals surface area contributed by atoms with Crippen LogP contribution >= 0.6 is 7.75 Å². The first-order chi connectivity index (χ1) is 13.1. The molecule has 2 aliphatic rings. The highest BCUT2D eigenvalue weighted by Crippen LogP contribution is 2.59. The molecule has 1 fully saturated rings. The van der Waals surface area contributed by atoms with E-state index in [1.807, 2.05) is 55.5 Å². The van der Waals surface area contributed by atoms with Gasteiger partial charge in [-0.1, -0.05) is 48.5 Å². The third kappa shape index (κ3) is 3.30. The van der Waals surface area contributed by atoms with E-state index >= 15 is 0 Å². The fourth-order valence-corrected chi connectivity index (χ4v) is 5.20. The van der Waals surface area contributed by atoms with Crippen LogP contribution in [0.3, 0.4) is 0 Å². The standard InChI is InChI=1S/C19H18N3O4P/c1-14-6-5-9-16-11-25-27(23,26-18(14)16)22-17(12-24-19(22)21-13-20)10-15-7-3-2-4-8-15/h2-9,17H,10-12H2,1H3/t17-,27+/m1/s1. The molecule has 2 atom stereocenters. The summed E-state index contributed by atoms with van der Waals surface area (Å²) < 4.78 is 32.1. The van der Waals surface area contributed by atoms with Gasteiger partial charge in [0.2, 0.25) is 6.19 Å². The van der Waals surface area contributed by atoms with Gasteiger partial charge in [-0.3, -0.25) is 4.52 Å². The topological polar surface area (TPSA) is 84.2 Å². The molecule has 0 N–H and O–H groups in total. The van der Waals surface area contributed by atoms with E-state index in [2.05, 4.69) is 4.99 Å². The zero-order chi connectivity index (χ0) is 18.9. The molecule has 2 aliphatic heterocycles. The van der Waals surface area contributed by atoms with E-state index in [1.54, 1.807) is 6.19 Å². The number of fused-ring (bicyclic) bond motifs is 1. The average molecular weight is 383 g/mol. The van der Waals surface area contributed by atoms with Crippen LogP contribution in [-0.4, -0.2) is 23.3 Å². The molecule has 0 bridgehead atoms. The number of benzene rings is 2. The van der Waals surface area contributed by atoms with Crippen molar-refractivity contribution in [3.8, 4) is 11.9 Å². The lowest BCUT2D eigenvalue weighted by molar-refractivity contribution is 0.194. The number of hydrogen-bond acceptors (Lipinski definition) is 6. The van der Waals surface area contributed by atoms with E-state index in [1.165, 1.54) is 4.67 Å². The fraction of sp³-hybridized carbons (Fsp3) is 0.263. The molecule has 0 radical (unpaired) electrons. The van der Waals surface area contributed by atoms with Gasteiger partial charge in [0.25, 0.3) is 0 Å². The number of amidine groups is 1. The zero-order valence-electron chi connectivity index (χ0n) is 14.7. The highest BCUT2D eigenvalue weighted by molar-refractivity contribution is 7.52. The van der Waals surface area contributed by atoms with Gasteiger partial charge in [-0.25, -0.2) is 9.24 Å². The van der Waals surface area contributed by atoms with Gasteiger partial charge in [-0.2, -0.15) is 5.26 Å². The van der Waals surface area contributed by atoms with Crippen molar-refractivity contribution in [2.75, 3.05) is 6.61 Å². The number of aliphatic imine (C=N–C) groups is 1. The Morgan fingerprint density at radius 2 is 2.07 bits per heavy atom. The van der Waals surface area contributed by atoms with Crippen molar-refractivity contribution < 1.29 is 18.3 Å². The molecule has 8 heteroatoms. The van der Waals surface area contributed by atoms with E-state index in [0.717, 1.165) is 16.7 Å². The molecular weight excluding hydrogens is 365 g/mol. The lowest BCUT2D eigenvalue weighted by atomic mass is 10.1. The van der Waals surface area contributed by atoms with Crippen LogP contribution in [0, 0.1) is 18.4 Å². The number of nitriles is 1. The molecule has 138 valence electrons. The number of nitrogens with zero attached hydrogens (tertiary/aromatic N) is 3. The van der Waals surface area contributed by atoms with Gasteiger partial charge in [0, 0.05) is 5.56 Å². The molecule has 27 heavy (non-hydrogen) atoms. The smallest absolute Gasteiger partial charge is 0.462 e. The van der Waals surface area contributed by atoms with Crippen LogP contribution in [0.2, 0.25) is 0 Å². The van der Waals surface area contributed by atoms with Crippen molar-refractivity contribution in [1.29, 1.82) is 5.26 Å². The highest BCUT2D eigenvalue weighted by Gasteiger charge is 2.50. The Morgan fingerprint density at radius 3 is 2.85 bits per heavy atom. The highest BCUT2D eigenvalue weighted by atomic mass is 31.2. The lowest BCUT2D eigenvalue weighted by Gasteiger charge is -2.34. The van der Waals surface area contributed by atoms with Gasteiger partial charge >= 0.3 is 13.8 Å². The summed E-state index contributed by atoms with van der Waals surface area (Å²) in [5.41, 5.74) is 2.75. The van der Waals surface area contributed by atoms with Crippen molar-refractivity contribution in [2.24, 2.45) is 4.99 Å². The molecule has 0 aliphatic carbocycles. The predicted octanol–water partition coefficient (Wildman–Crippen LogP) is 3.79. The predicted molar refractivity (Wildman–Crippen MR) is 99.0 cm³/mol. The summed E-state index contributed by atoms with van der Waals surface area (Å²) in [7, 11) is -3.77. The van der Waals surface area contributed by atoms with Crippen LogP contribution < -0.4 is 4.52 Å². The fourth-order valence-electron chi connectivity index (χ4n) is 3.28. The summed E-state index contributed by atoms with van der Waals surface area (Å²) in [6, 6.07) is 15.1. The van der Waals surface area contributed by atoms with E-state index in [4.69, 9.17) is 19.0 Å². The minimum Gasteiger partial charge on any atom is -0.462 e. The quantitative estimate of drug-likeness (QED) is 0.592. The first kappa shape index (κ1) is 17.6. The number of para-hydroxylation sites is 1. The average Bonchev–Trinajstić information content (AvgIpc) is 3.07. The minimum absolute atomic E-state index is 0.0289. The Hall–Kier alpha value is -2.81. The van der Waals surface area contributed by atoms with Crippen LogP contribution in [0.25, 0.3) is 0 Å². The van der Waals surface area contributed by atoms with Crippen molar-refractivity contribution >= 4 is 13.8 Å². The Bertz CT molecular complexity index is 971. The summed E-state index contributed by atoms with van der Waals surface area (Å²) in [6.45, 7) is 2.29. The Labute approximate surface area is 157 Å². The van der Waals surface area contributed by atoms with Crippen LogP contribution in [0.4, 0.5) is 0 Å². The SMILES string of the molecule is Cc1cccc2c1O[P@](=O)(N1C(=NC#N)OC[C@H]1Cc1ccccc1)OC2. The maximum atomic E-state index is 13.6. The number of ether oxygens (including phenoxy) is 1. The van der Waals surface area contributed by atoms with Crippen molar-refractivity contribution in [3.63, 3.8) is 0 Å². The Morgan fingerprint density at radius 1 is 1.26 bits per heavy atom. The van der Waals surface area contributed by atoms with Gasteiger partial charge in [-0.05, 0) is 24.5 Å². The third-order valence-electron chi connectivity index (χ3n) is 4.55. The Kier molecular flexibility index (Phi) is 4.61. The lowest BCUT2D eigenvalue weighted by Crippen LogP contribution is -2.36. The largest absolute Gasteiger partial charge is 0.493 e. The van der Waals surface area contributed by atoms with Gasteiger partial charge in [0.1, 0.15) is 12.4 Å². The van der Waals surface area contributed by atoms with Crippen LogP contribution in [-0.2, 0) is 26.9 Å². The van der Waals surface area contributed by atoms with Gasteiger partial charge in [0.05, 0.1) is 12.6 Å². The third-order valence-corrected chi connectivity index (χ3v) is 6.45. The minimum atomic E-state index is -3.77. The van der Waals surface area contributed by atoms with Crippen LogP contribution in [0.15, 0.2) is 53.5 Å². The first-order valence-corrected chi connectivity index (χ1v) is 10.1. The first-order valence-electron chi connectivity index (χ1n) is 8.56. The van der Waals surface area contributed by atoms with Crippen LogP contribution in [0.5, 0.6) is 5.75 Å². The summed E-state index contributed by atoms with van der Waals surface area (Å²) >= 11 is 0. The normalized spacial score (nSPS) is 25.4. The maximum absolute atomic E-state index is 13.6. The second kappa shape index (κ2) is 7.07. The summed E-state index contributed by atoms with van der Waals surface area (Å²) in [4.78, 5) is 3.69. The molecule has 7 nitrogen and oxygen atoms in total. The number of aryl methyl sites for hydroxylation is 1. The maximum Gasteiger partial charge on any atom is 0.493 e. The second-order valence-electron chi connectivity index (χ2n) is 6.39. The van der Waals surface area contributed by atoms with E-state index in [9.17, 15) is 4.57 Å². The summed E-state index contributed by atoms with van der Waals surface area (Å²) in [5, 5.41) is 8.99. The molecule has 0 amide bonds. The van der Waals surface area contributed by atoms with E-state index in [-0.39, 0.29) is 25.3 Å². The number of rotatable bonds is 3. The van der Waals surface area contributed by atoms with Gasteiger partial charge in [-0.15, -0.1) is 4.99 Å². The number of hydrogen-bond donors (Lipinski definition) is 0. The molecule has 0 saturated carbocycles. The monoisotopic (exact) mass is 383 g/mol. The molecular formula is C19H18N3O4P. The molecule has 4 rings (SSSR count). The van der Waals surface area contributed by atoms with Gasteiger partial charge in [0.15, 0.2) is 0 Å². The molecule has 1 saturated heterocycles. The molecule has 2 aromatic rings. The Balaban J connectivity index is 1.69. The molecule has 2 heterocycles. The molecule has 0 aromatic heterocycles. The summed E-state index contributed by atoms with van der Waals surface area (Å²) in [6.07, 6.45) is 2.26. The molecule has 0 spiro atoms. The van der Waals surface area contributed by atoms with Crippen molar-refractivity contribution in [2.45, 2.75) is 26.0 Å². The van der Waals surface area contributed by atoms with Gasteiger partial charge < -0.3 is 9.26 Å². The van der Waals surface area contributed by atoms with E-state index in [0.29, 0.717) is 12.2 Å². The second-order valence-corrected chi connectivity index (χ2v) is 8.20. The van der Waals surface area contributed by atoms with Crippen molar-refractivity contribution in [3.05, 3.63) is 65.2 Å². The van der Waals surface area contributed by atoms with Crippen LogP contribution in [0.1, 0.15) is 16.7 Å². The van der Waals surface area contributed by atoms with E-state index < -0.39 is 7.75 Å². The molecule has 0 unspecified atom stereocenters. The van der Waals surface area contributed by atoms with Crippen molar-refractivity contribution in [1.82, 2.24) is 4.67 Å². The molecule has 2 aromatic carbocycles. The summed E-state index contributed by atoms with van der Waals surface area (Å²) in [5.74, 6) is 0.550.